The first-order valence-electron chi connectivity index (χ1n) is 9.05. The molecule has 0 atom stereocenters. The van der Waals surface area contributed by atoms with Gasteiger partial charge in [-0.15, -0.1) is 11.3 Å². The van der Waals surface area contributed by atoms with Crippen molar-refractivity contribution in [3.63, 3.8) is 0 Å². The summed E-state index contributed by atoms with van der Waals surface area (Å²) in [6, 6.07) is 12.2. The molecule has 3 rings (SSSR count). The Kier molecular flexibility index (Phi) is 6.73. The number of carbonyl (C=O) groups is 1. The first kappa shape index (κ1) is 19.3. The number of aromatic nitrogens is 2. The molecule has 0 spiro atoms. The molecule has 0 unspecified atom stereocenters. The molecule has 0 aliphatic carbocycles. The van der Waals surface area contributed by atoms with Gasteiger partial charge in [-0.1, -0.05) is 30.3 Å². The molecule has 142 valence electrons. The van der Waals surface area contributed by atoms with Crippen LogP contribution in [-0.2, 0) is 9.53 Å². The number of nitrogens with zero attached hydrogens (tertiary/aromatic N) is 2. The van der Waals surface area contributed by atoms with Crippen molar-refractivity contribution < 1.29 is 9.53 Å². The molecule has 7 heteroatoms. The minimum absolute atomic E-state index is 0.0650. The standard InChI is InChI=1S/C20H24N4O2S/c1-14(2)26-10-6-9-21-18(25)12-22-19-16-11-17(15-7-4-3-5-8-15)27-20(16)24-13-23-19/h3-5,7-8,11,13-14H,6,9-10,12H2,1-2H3,(H,21,25)(H,22,23,24). The number of hydrogen-bond donors (Lipinski definition) is 2. The molecule has 6 nitrogen and oxygen atoms in total. The average Bonchev–Trinajstić information content (AvgIpc) is 3.11. The summed E-state index contributed by atoms with van der Waals surface area (Å²) in [5.74, 6) is 0.613. The Morgan fingerprint density at radius 1 is 1.22 bits per heavy atom. The van der Waals surface area contributed by atoms with Crippen LogP contribution in [0.1, 0.15) is 20.3 Å². The van der Waals surface area contributed by atoms with Gasteiger partial charge in [-0.05, 0) is 31.9 Å². The van der Waals surface area contributed by atoms with Crippen LogP contribution in [0.2, 0.25) is 0 Å². The van der Waals surface area contributed by atoms with Crippen LogP contribution in [0.5, 0.6) is 0 Å². The third-order valence-electron chi connectivity index (χ3n) is 3.90. The quantitative estimate of drug-likeness (QED) is 0.550. The maximum Gasteiger partial charge on any atom is 0.239 e. The van der Waals surface area contributed by atoms with E-state index in [0.29, 0.717) is 19.0 Å². The molecule has 2 aromatic heterocycles. The maximum absolute atomic E-state index is 12.0. The fraction of sp³-hybridized carbons (Fsp3) is 0.350. The Hall–Kier alpha value is -2.51. The number of carbonyl (C=O) groups excluding carboxylic acids is 1. The third kappa shape index (κ3) is 5.48. The van der Waals surface area contributed by atoms with E-state index in [1.54, 1.807) is 11.3 Å². The molecule has 0 aliphatic rings. The number of ether oxygens (including phenoxy) is 1. The minimum atomic E-state index is -0.0650. The van der Waals surface area contributed by atoms with Gasteiger partial charge < -0.3 is 15.4 Å². The van der Waals surface area contributed by atoms with E-state index < -0.39 is 0 Å². The predicted molar refractivity (Wildman–Crippen MR) is 110 cm³/mol. The zero-order valence-electron chi connectivity index (χ0n) is 15.6. The number of fused-ring (bicyclic) bond motifs is 1. The van der Waals surface area contributed by atoms with Gasteiger partial charge in [0.1, 0.15) is 17.0 Å². The van der Waals surface area contributed by atoms with Gasteiger partial charge in [0.25, 0.3) is 0 Å². The van der Waals surface area contributed by atoms with E-state index >= 15 is 0 Å². The Bertz CT molecular complexity index is 880. The minimum Gasteiger partial charge on any atom is -0.379 e. The fourth-order valence-electron chi connectivity index (χ4n) is 2.59. The van der Waals surface area contributed by atoms with Crippen molar-refractivity contribution in [2.75, 3.05) is 25.0 Å². The van der Waals surface area contributed by atoms with E-state index in [-0.39, 0.29) is 18.6 Å². The van der Waals surface area contributed by atoms with Gasteiger partial charge in [-0.3, -0.25) is 4.79 Å². The Labute approximate surface area is 163 Å². The zero-order valence-corrected chi connectivity index (χ0v) is 16.4. The van der Waals surface area contributed by atoms with Crippen molar-refractivity contribution in [1.29, 1.82) is 0 Å². The van der Waals surface area contributed by atoms with E-state index in [0.717, 1.165) is 27.1 Å². The highest BCUT2D eigenvalue weighted by Crippen LogP contribution is 2.34. The molecule has 0 saturated carbocycles. The lowest BCUT2D eigenvalue weighted by Gasteiger charge is -2.09. The summed E-state index contributed by atoms with van der Waals surface area (Å²) in [5, 5.41) is 6.94. The van der Waals surface area contributed by atoms with E-state index in [9.17, 15) is 4.79 Å². The number of hydrogen-bond acceptors (Lipinski definition) is 6. The molecule has 1 amide bonds. The van der Waals surface area contributed by atoms with Crippen molar-refractivity contribution in [2.24, 2.45) is 0 Å². The Morgan fingerprint density at radius 3 is 2.81 bits per heavy atom. The number of amides is 1. The highest BCUT2D eigenvalue weighted by Gasteiger charge is 2.11. The lowest BCUT2D eigenvalue weighted by Crippen LogP contribution is -2.31. The molecule has 2 heterocycles. The van der Waals surface area contributed by atoms with Crippen LogP contribution in [0.15, 0.2) is 42.7 Å². The summed E-state index contributed by atoms with van der Waals surface area (Å²) in [5.41, 5.74) is 1.15. The van der Waals surface area contributed by atoms with Crippen LogP contribution < -0.4 is 10.6 Å². The maximum atomic E-state index is 12.0. The van der Waals surface area contributed by atoms with Crippen molar-refractivity contribution in [3.8, 4) is 10.4 Å². The second-order valence-electron chi connectivity index (χ2n) is 6.39. The average molecular weight is 385 g/mol. The summed E-state index contributed by atoms with van der Waals surface area (Å²) in [4.78, 5) is 22.7. The zero-order chi connectivity index (χ0) is 19.1. The van der Waals surface area contributed by atoms with Gasteiger partial charge in [-0.2, -0.15) is 0 Å². The monoisotopic (exact) mass is 384 g/mol. The lowest BCUT2D eigenvalue weighted by molar-refractivity contribution is -0.119. The van der Waals surface area contributed by atoms with Gasteiger partial charge >= 0.3 is 0 Å². The first-order chi connectivity index (χ1) is 13.1. The van der Waals surface area contributed by atoms with Crippen LogP contribution in [-0.4, -0.2) is 41.7 Å². The van der Waals surface area contributed by atoms with Crippen molar-refractivity contribution in [2.45, 2.75) is 26.4 Å². The summed E-state index contributed by atoms with van der Waals surface area (Å²) >= 11 is 1.61. The lowest BCUT2D eigenvalue weighted by atomic mass is 10.2. The molecule has 0 radical (unpaired) electrons. The molecule has 27 heavy (non-hydrogen) atoms. The van der Waals surface area contributed by atoms with Gasteiger partial charge in [0.05, 0.1) is 18.0 Å². The summed E-state index contributed by atoms with van der Waals surface area (Å²) < 4.78 is 5.46. The summed E-state index contributed by atoms with van der Waals surface area (Å²) in [7, 11) is 0. The first-order valence-corrected chi connectivity index (χ1v) is 9.87. The van der Waals surface area contributed by atoms with E-state index in [4.69, 9.17) is 4.74 Å². The largest absolute Gasteiger partial charge is 0.379 e. The molecular weight excluding hydrogens is 360 g/mol. The normalized spacial score (nSPS) is 11.1. The van der Waals surface area contributed by atoms with Crippen molar-refractivity contribution in [3.05, 3.63) is 42.7 Å². The highest BCUT2D eigenvalue weighted by atomic mass is 32.1. The van der Waals surface area contributed by atoms with Crippen molar-refractivity contribution in [1.82, 2.24) is 15.3 Å². The summed E-state index contributed by atoms with van der Waals surface area (Å²) in [6.45, 7) is 5.42. The van der Waals surface area contributed by atoms with Gasteiger partial charge in [0.15, 0.2) is 0 Å². The number of nitrogens with one attached hydrogen (secondary N) is 2. The molecule has 2 N–H and O–H groups in total. The second kappa shape index (κ2) is 9.43. The topological polar surface area (TPSA) is 76.1 Å². The van der Waals surface area contributed by atoms with E-state index in [1.165, 1.54) is 6.33 Å². The third-order valence-corrected chi connectivity index (χ3v) is 4.99. The second-order valence-corrected chi connectivity index (χ2v) is 7.43. The van der Waals surface area contributed by atoms with Crippen LogP contribution >= 0.6 is 11.3 Å². The number of anilines is 1. The van der Waals surface area contributed by atoms with Crippen LogP contribution in [0.25, 0.3) is 20.7 Å². The summed E-state index contributed by atoms with van der Waals surface area (Å²) in [6.07, 6.45) is 2.54. The van der Waals surface area contributed by atoms with E-state index in [1.807, 2.05) is 32.0 Å². The number of benzene rings is 1. The van der Waals surface area contributed by atoms with E-state index in [2.05, 4.69) is 38.8 Å². The van der Waals surface area contributed by atoms with Crippen LogP contribution in [0, 0.1) is 0 Å². The predicted octanol–water partition coefficient (Wildman–Crippen LogP) is 3.70. The number of rotatable bonds is 9. The molecular formula is C20H24N4O2S. The smallest absolute Gasteiger partial charge is 0.239 e. The molecule has 0 aliphatic heterocycles. The molecule has 3 aromatic rings. The van der Waals surface area contributed by atoms with Crippen molar-refractivity contribution >= 4 is 33.3 Å². The fourth-order valence-corrected chi connectivity index (χ4v) is 3.59. The molecule has 0 fully saturated rings. The highest BCUT2D eigenvalue weighted by molar-refractivity contribution is 7.21. The Balaban J connectivity index is 1.57. The molecule has 1 aromatic carbocycles. The van der Waals surface area contributed by atoms with Gasteiger partial charge in [0, 0.05) is 18.0 Å². The van der Waals surface area contributed by atoms with Gasteiger partial charge in [-0.25, -0.2) is 9.97 Å². The molecule has 0 saturated heterocycles. The molecule has 0 bridgehead atoms. The van der Waals surface area contributed by atoms with Crippen LogP contribution in [0.4, 0.5) is 5.82 Å². The van der Waals surface area contributed by atoms with Gasteiger partial charge in [0.2, 0.25) is 5.91 Å². The number of thiophene rings is 1. The van der Waals surface area contributed by atoms with Crippen LogP contribution in [0.3, 0.4) is 0 Å². The SMILES string of the molecule is CC(C)OCCCNC(=O)CNc1ncnc2sc(-c3ccccc3)cc12. The Morgan fingerprint density at radius 2 is 2.04 bits per heavy atom.